The largest absolute Gasteiger partial charge is 0.383 e. The summed E-state index contributed by atoms with van der Waals surface area (Å²) in [6, 6.07) is 1.50. The fraction of sp³-hybridized carbons (Fsp3) is 0.692. The van der Waals surface area contributed by atoms with Crippen molar-refractivity contribution >= 4 is 0 Å². The Balaban J connectivity index is 2.72. The van der Waals surface area contributed by atoms with E-state index in [-0.39, 0.29) is 11.7 Å². The van der Waals surface area contributed by atoms with Gasteiger partial charge in [0.05, 0.1) is 12.3 Å². The summed E-state index contributed by atoms with van der Waals surface area (Å²) in [6.07, 6.45) is 1.65. The summed E-state index contributed by atoms with van der Waals surface area (Å²) < 4.78 is 10.3. The van der Waals surface area contributed by atoms with Gasteiger partial charge in [0, 0.05) is 33.4 Å². The Morgan fingerprint density at radius 1 is 1.47 bits per heavy atom. The third-order valence-corrected chi connectivity index (χ3v) is 2.74. The van der Waals surface area contributed by atoms with Gasteiger partial charge in [0.1, 0.15) is 11.9 Å². The fourth-order valence-electron chi connectivity index (χ4n) is 1.79. The molecule has 0 fully saturated rings. The molecule has 0 saturated carbocycles. The second-order valence-electron chi connectivity index (χ2n) is 4.30. The van der Waals surface area contributed by atoms with Crippen molar-refractivity contribution in [3.8, 4) is 0 Å². The van der Waals surface area contributed by atoms with Gasteiger partial charge in [-0.15, -0.1) is 0 Å². The third-order valence-electron chi connectivity index (χ3n) is 2.74. The van der Waals surface area contributed by atoms with Crippen LogP contribution in [0.15, 0.2) is 10.9 Å². The summed E-state index contributed by atoms with van der Waals surface area (Å²) in [5.74, 6) is 0.598. The first-order valence-corrected chi connectivity index (χ1v) is 6.53. The quantitative estimate of drug-likeness (QED) is 0.654. The zero-order chi connectivity index (χ0) is 14.1. The molecule has 0 saturated heterocycles. The van der Waals surface area contributed by atoms with Gasteiger partial charge >= 0.3 is 0 Å². The normalized spacial score (nSPS) is 12.6. The predicted octanol–water partition coefficient (Wildman–Crippen LogP) is 0.993. The number of ether oxygens (including phenoxy) is 2. The minimum atomic E-state index is -0.156. The van der Waals surface area contributed by atoms with Gasteiger partial charge in [0.2, 0.25) is 0 Å². The Labute approximate surface area is 113 Å². The SMILES string of the molecule is CCCC(OC)c1nc(CNCCOC)cc(=O)[nH]1. The first-order chi connectivity index (χ1) is 9.21. The molecular formula is C13H23N3O3. The van der Waals surface area contributed by atoms with Crippen molar-refractivity contribution in [3.63, 3.8) is 0 Å². The minimum absolute atomic E-state index is 0.147. The van der Waals surface area contributed by atoms with Crippen molar-refractivity contribution in [2.45, 2.75) is 32.4 Å². The molecule has 0 amide bonds. The summed E-state index contributed by atoms with van der Waals surface area (Å²) in [5.41, 5.74) is 0.569. The number of methoxy groups -OCH3 is 2. The fourth-order valence-corrected chi connectivity index (χ4v) is 1.79. The predicted molar refractivity (Wildman–Crippen MR) is 73.1 cm³/mol. The molecule has 6 nitrogen and oxygen atoms in total. The number of nitrogens with one attached hydrogen (secondary N) is 2. The van der Waals surface area contributed by atoms with Crippen molar-refractivity contribution in [2.24, 2.45) is 0 Å². The van der Waals surface area contributed by atoms with Gasteiger partial charge in [0.15, 0.2) is 0 Å². The number of rotatable bonds is 9. The maximum atomic E-state index is 11.6. The van der Waals surface area contributed by atoms with Crippen LogP contribution >= 0.6 is 0 Å². The summed E-state index contributed by atoms with van der Waals surface area (Å²) in [5, 5.41) is 3.16. The van der Waals surface area contributed by atoms with Crippen LogP contribution in [0.3, 0.4) is 0 Å². The second-order valence-corrected chi connectivity index (χ2v) is 4.30. The van der Waals surface area contributed by atoms with E-state index in [2.05, 4.69) is 22.2 Å². The van der Waals surface area contributed by atoms with Crippen molar-refractivity contribution in [3.05, 3.63) is 27.9 Å². The van der Waals surface area contributed by atoms with E-state index in [1.165, 1.54) is 6.07 Å². The molecule has 0 spiro atoms. The molecule has 1 aromatic rings. The Bertz CT molecular complexity index is 420. The molecule has 2 N–H and O–H groups in total. The zero-order valence-electron chi connectivity index (χ0n) is 11.9. The summed E-state index contributed by atoms with van der Waals surface area (Å²) in [6.45, 7) is 3.97. The first kappa shape index (κ1) is 15.8. The molecule has 0 radical (unpaired) electrons. The summed E-state index contributed by atoms with van der Waals surface area (Å²) in [4.78, 5) is 18.8. The van der Waals surface area contributed by atoms with Crippen molar-refractivity contribution in [2.75, 3.05) is 27.4 Å². The van der Waals surface area contributed by atoms with E-state index in [0.717, 1.165) is 19.4 Å². The average molecular weight is 269 g/mol. The Morgan fingerprint density at radius 3 is 2.89 bits per heavy atom. The Kier molecular flexibility index (Phi) is 7.32. The van der Waals surface area contributed by atoms with Crippen LogP contribution in [0.2, 0.25) is 0 Å². The third kappa shape index (κ3) is 5.50. The van der Waals surface area contributed by atoms with E-state index in [4.69, 9.17) is 9.47 Å². The van der Waals surface area contributed by atoms with Gasteiger partial charge in [-0.25, -0.2) is 4.98 Å². The second kappa shape index (κ2) is 8.79. The molecule has 0 aliphatic carbocycles. The molecule has 1 rings (SSSR count). The van der Waals surface area contributed by atoms with Crippen LogP contribution in [0.25, 0.3) is 0 Å². The number of aromatic amines is 1. The Morgan fingerprint density at radius 2 is 2.26 bits per heavy atom. The van der Waals surface area contributed by atoms with Gasteiger partial charge in [0.25, 0.3) is 5.56 Å². The van der Waals surface area contributed by atoms with Crippen LogP contribution in [0.5, 0.6) is 0 Å². The molecular weight excluding hydrogens is 246 g/mol. The number of hydrogen-bond donors (Lipinski definition) is 2. The number of nitrogens with zero attached hydrogens (tertiary/aromatic N) is 1. The lowest BCUT2D eigenvalue weighted by Gasteiger charge is -2.14. The molecule has 0 aliphatic rings. The molecule has 0 aliphatic heterocycles. The van der Waals surface area contributed by atoms with Crippen LogP contribution in [0.1, 0.15) is 37.4 Å². The lowest BCUT2D eigenvalue weighted by Crippen LogP contribution is -2.23. The maximum Gasteiger partial charge on any atom is 0.251 e. The number of aromatic nitrogens is 2. The minimum Gasteiger partial charge on any atom is -0.383 e. The molecule has 1 atom stereocenters. The molecule has 19 heavy (non-hydrogen) atoms. The maximum absolute atomic E-state index is 11.6. The molecule has 0 aromatic carbocycles. The Hall–Kier alpha value is -1.24. The molecule has 6 heteroatoms. The summed E-state index contributed by atoms with van der Waals surface area (Å²) in [7, 11) is 3.28. The van der Waals surface area contributed by atoms with E-state index in [9.17, 15) is 4.79 Å². The van der Waals surface area contributed by atoms with E-state index in [0.29, 0.717) is 24.7 Å². The van der Waals surface area contributed by atoms with E-state index in [1.54, 1.807) is 14.2 Å². The van der Waals surface area contributed by atoms with Gasteiger partial charge < -0.3 is 19.8 Å². The first-order valence-electron chi connectivity index (χ1n) is 6.53. The summed E-state index contributed by atoms with van der Waals surface area (Å²) >= 11 is 0. The van der Waals surface area contributed by atoms with Crippen LogP contribution in [0.4, 0.5) is 0 Å². The topological polar surface area (TPSA) is 76.2 Å². The molecule has 1 unspecified atom stereocenters. The highest BCUT2D eigenvalue weighted by atomic mass is 16.5. The zero-order valence-corrected chi connectivity index (χ0v) is 11.9. The highest BCUT2D eigenvalue weighted by molar-refractivity contribution is 5.04. The van der Waals surface area contributed by atoms with Gasteiger partial charge in [-0.2, -0.15) is 0 Å². The van der Waals surface area contributed by atoms with E-state index in [1.807, 2.05) is 0 Å². The highest BCUT2D eigenvalue weighted by Gasteiger charge is 2.13. The lowest BCUT2D eigenvalue weighted by molar-refractivity contribution is 0.0871. The molecule has 108 valence electrons. The molecule has 0 bridgehead atoms. The number of hydrogen-bond acceptors (Lipinski definition) is 5. The van der Waals surface area contributed by atoms with Crippen LogP contribution in [-0.2, 0) is 16.0 Å². The smallest absolute Gasteiger partial charge is 0.251 e. The van der Waals surface area contributed by atoms with Crippen molar-refractivity contribution < 1.29 is 9.47 Å². The highest BCUT2D eigenvalue weighted by Crippen LogP contribution is 2.17. The van der Waals surface area contributed by atoms with Gasteiger partial charge in [-0.3, -0.25) is 4.79 Å². The van der Waals surface area contributed by atoms with Crippen molar-refractivity contribution in [1.29, 1.82) is 0 Å². The van der Waals surface area contributed by atoms with Gasteiger partial charge in [-0.05, 0) is 6.42 Å². The average Bonchev–Trinajstić information content (AvgIpc) is 2.40. The van der Waals surface area contributed by atoms with Gasteiger partial charge in [-0.1, -0.05) is 13.3 Å². The van der Waals surface area contributed by atoms with Crippen LogP contribution < -0.4 is 10.9 Å². The van der Waals surface area contributed by atoms with Crippen LogP contribution in [-0.4, -0.2) is 37.3 Å². The van der Waals surface area contributed by atoms with E-state index >= 15 is 0 Å². The standard InChI is InChI=1S/C13H23N3O3/c1-4-5-11(19-3)13-15-10(8-12(17)16-13)9-14-6-7-18-2/h8,11,14H,4-7,9H2,1-3H3,(H,15,16,17). The van der Waals surface area contributed by atoms with Crippen LogP contribution in [0, 0.1) is 0 Å². The van der Waals surface area contributed by atoms with Crippen molar-refractivity contribution in [1.82, 2.24) is 15.3 Å². The molecule has 1 heterocycles. The van der Waals surface area contributed by atoms with E-state index < -0.39 is 0 Å². The lowest BCUT2D eigenvalue weighted by atomic mass is 10.2. The molecule has 1 aromatic heterocycles. The number of H-pyrrole nitrogens is 1. The monoisotopic (exact) mass is 269 g/mol.